The van der Waals surface area contributed by atoms with Crippen molar-refractivity contribution in [3.63, 3.8) is 0 Å². The van der Waals surface area contributed by atoms with Crippen LogP contribution in [0.2, 0.25) is 0 Å². The number of methoxy groups -OCH3 is 3. The molecule has 41 heavy (non-hydrogen) atoms. The molecule has 0 aliphatic rings. The van der Waals surface area contributed by atoms with Gasteiger partial charge in [-0.05, 0) is 53.9 Å². The number of urea groups is 1. The second-order valence-electron chi connectivity index (χ2n) is 9.39. The Hall–Kier alpha value is -4.77. The van der Waals surface area contributed by atoms with Crippen LogP contribution in [0.25, 0.3) is 22.2 Å². The third kappa shape index (κ3) is 6.20. The Morgan fingerprint density at radius 2 is 1.66 bits per heavy atom. The average Bonchev–Trinajstić information content (AvgIpc) is 3.44. The van der Waals surface area contributed by atoms with E-state index in [0.717, 1.165) is 43.4 Å². The molecule has 2 heterocycles. The Labute approximate surface area is 241 Å². The number of anilines is 2. The van der Waals surface area contributed by atoms with E-state index in [1.165, 1.54) is 18.1 Å². The molecular formula is C30H30N6O4S. The summed E-state index contributed by atoms with van der Waals surface area (Å²) in [7, 11) is 4.84. The van der Waals surface area contributed by atoms with Crippen molar-refractivity contribution >= 4 is 40.2 Å². The number of aromatic amines is 1. The molecule has 0 aliphatic carbocycles. The van der Waals surface area contributed by atoms with Crippen molar-refractivity contribution in [2.24, 2.45) is 0 Å². The number of hydrogen-bond donors (Lipinski definition) is 3. The zero-order valence-corrected chi connectivity index (χ0v) is 24.1. The predicted octanol–water partition coefficient (Wildman–Crippen LogP) is 6.96. The number of H-pyrrole nitrogens is 1. The number of aromatic nitrogens is 4. The van der Waals surface area contributed by atoms with Gasteiger partial charge in [0.05, 0.1) is 32.5 Å². The largest absolute Gasteiger partial charge is 0.496 e. The van der Waals surface area contributed by atoms with Crippen LogP contribution in [0.4, 0.5) is 16.3 Å². The highest BCUT2D eigenvalue weighted by atomic mass is 32.2. The maximum Gasteiger partial charge on any atom is 0.324 e. The molecule has 0 atom stereocenters. The van der Waals surface area contributed by atoms with E-state index in [1.54, 1.807) is 27.4 Å². The summed E-state index contributed by atoms with van der Waals surface area (Å²) in [6, 6.07) is 18.5. The number of hydrogen-bond acceptors (Lipinski definition) is 8. The summed E-state index contributed by atoms with van der Waals surface area (Å²) < 4.78 is 16.3. The molecule has 2 aromatic heterocycles. The zero-order valence-electron chi connectivity index (χ0n) is 23.3. The number of fused-ring (bicyclic) bond motifs is 1. The summed E-state index contributed by atoms with van der Waals surface area (Å²) in [5.74, 6) is 2.73. The molecule has 0 bridgehead atoms. The van der Waals surface area contributed by atoms with Crippen LogP contribution in [0.3, 0.4) is 0 Å². The Kier molecular flexibility index (Phi) is 8.25. The standard InChI is InChI=1S/C30H30N6O4S/c1-17(2)21-11-18(9-10-25(21)38-3)23-15-28(36-35-23)34-30(37)33-19-7-6-8-20(12-19)41-29-22-13-26(39-4)27(40-5)14-24(22)31-16-32-29/h6-17H,1-5H3,(H3,33,34,35,36,37). The summed E-state index contributed by atoms with van der Waals surface area (Å²) in [5, 5.41) is 14.5. The highest BCUT2D eigenvalue weighted by Gasteiger charge is 2.14. The van der Waals surface area contributed by atoms with E-state index in [-0.39, 0.29) is 0 Å². The van der Waals surface area contributed by atoms with Gasteiger partial charge in [-0.15, -0.1) is 0 Å². The van der Waals surface area contributed by atoms with Crippen LogP contribution in [0.1, 0.15) is 25.3 Å². The lowest BCUT2D eigenvalue weighted by molar-refractivity contribution is 0.262. The molecule has 5 rings (SSSR count). The van der Waals surface area contributed by atoms with Crippen LogP contribution in [0.15, 0.2) is 76.9 Å². The highest BCUT2D eigenvalue weighted by molar-refractivity contribution is 7.99. The van der Waals surface area contributed by atoms with Crippen molar-refractivity contribution in [2.75, 3.05) is 32.0 Å². The molecule has 0 radical (unpaired) electrons. The van der Waals surface area contributed by atoms with E-state index in [4.69, 9.17) is 14.2 Å². The van der Waals surface area contributed by atoms with Gasteiger partial charge in [-0.2, -0.15) is 5.10 Å². The molecule has 10 nitrogen and oxygen atoms in total. The minimum Gasteiger partial charge on any atom is -0.496 e. The smallest absolute Gasteiger partial charge is 0.324 e. The van der Waals surface area contributed by atoms with E-state index in [2.05, 4.69) is 50.7 Å². The van der Waals surface area contributed by atoms with Crippen LogP contribution >= 0.6 is 11.8 Å². The fourth-order valence-corrected chi connectivity index (χ4v) is 5.28. The molecule has 0 unspecified atom stereocenters. The van der Waals surface area contributed by atoms with E-state index in [1.807, 2.05) is 48.5 Å². The van der Waals surface area contributed by atoms with Gasteiger partial charge < -0.3 is 19.5 Å². The maximum atomic E-state index is 12.8. The minimum absolute atomic E-state index is 0.296. The van der Waals surface area contributed by atoms with Crippen LogP contribution in [-0.2, 0) is 0 Å². The SMILES string of the molecule is COc1cc2ncnc(Sc3cccc(NC(=O)Nc4cc(-c5ccc(OC)c(C(C)C)c5)[nH]n4)c3)c2cc1OC. The van der Waals surface area contributed by atoms with Gasteiger partial charge in [0.25, 0.3) is 0 Å². The Morgan fingerprint density at radius 3 is 2.41 bits per heavy atom. The predicted molar refractivity (Wildman–Crippen MR) is 161 cm³/mol. The van der Waals surface area contributed by atoms with Gasteiger partial charge in [-0.1, -0.05) is 31.7 Å². The third-order valence-electron chi connectivity index (χ3n) is 6.39. The van der Waals surface area contributed by atoms with Gasteiger partial charge in [0, 0.05) is 33.7 Å². The van der Waals surface area contributed by atoms with Gasteiger partial charge in [-0.25, -0.2) is 14.8 Å². The molecule has 0 spiro atoms. The fourth-order valence-electron chi connectivity index (χ4n) is 4.36. The summed E-state index contributed by atoms with van der Waals surface area (Å²) in [6.07, 6.45) is 1.51. The van der Waals surface area contributed by atoms with Crippen molar-refractivity contribution in [3.8, 4) is 28.5 Å². The number of nitrogens with one attached hydrogen (secondary N) is 3. The minimum atomic E-state index is -0.410. The first kappa shape index (κ1) is 27.8. The number of ether oxygens (including phenoxy) is 3. The second kappa shape index (κ2) is 12.2. The summed E-state index contributed by atoms with van der Waals surface area (Å²) >= 11 is 1.46. The molecular weight excluding hydrogens is 540 g/mol. The Balaban J connectivity index is 1.28. The van der Waals surface area contributed by atoms with Crippen molar-refractivity contribution < 1.29 is 19.0 Å². The quantitative estimate of drug-likeness (QED) is 0.162. The topological polar surface area (TPSA) is 123 Å². The molecule has 0 aliphatic heterocycles. The summed E-state index contributed by atoms with van der Waals surface area (Å²) in [5.41, 5.74) is 4.20. The number of amides is 2. The Bertz CT molecular complexity index is 1700. The van der Waals surface area contributed by atoms with Crippen LogP contribution < -0.4 is 24.8 Å². The van der Waals surface area contributed by atoms with Crippen LogP contribution in [-0.4, -0.2) is 47.5 Å². The molecule has 0 saturated heterocycles. The molecule has 0 saturated carbocycles. The van der Waals surface area contributed by atoms with Gasteiger partial charge in [-0.3, -0.25) is 10.4 Å². The molecule has 210 valence electrons. The fraction of sp³-hybridized carbons (Fsp3) is 0.200. The average molecular weight is 571 g/mol. The van der Waals surface area contributed by atoms with Gasteiger partial charge in [0.15, 0.2) is 17.3 Å². The molecule has 2 amide bonds. The number of nitrogens with zero attached hydrogens (tertiary/aromatic N) is 3. The molecule has 0 fully saturated rings. The van der Waals surface area contributed by atoms with Crippen molar-refractivity contribution in [3.05, 3.63) is 72.6 Å². The van der Waals surface area contributed by atoms with Gasteiger partial charge in [0.1, 0.15) is 17.1 Å². The van der Waals surface area contributed by atoms with Gasteiger partial charge in [0.2, 0.25) is 0 Å². The monoisotopic (exact) mass is 570 g/mol. The van der Waals surface area contributed by atoms with E-state index >= 15 is 0 Å². The lowest BCUT2D eigenvalue weighted by Crippen LogP contribution is -2.19. The zero-order chi connectivity index (χ0) is 28.9. The Morgan fingerprint density at radius 1 is 0.878 bits per heavy atom. The summed E-state index contributed by atoms with van der Waals surface area (Å²) in [4.78, 5) is 22.5. The maximum absolute atomic E-state index is 12.8. The number of carbonyl (C=O) groups excluding carboxylic acids is 1. The third-order valence-corrected chi connectivity index (χ3v) is 7.40. The number of rotatable bonds is 9. The molecule has 3 N–H and O–H groups in total. The number of carbonyl (C=O) groups is 1. The first-order chi connectivity index (χ1) is 19.9. The normalized spacial score (nSPS) is 11.0. The van der Waals surface area contributed by atoms with Gasteiger partial charge >= 0.3 is 6.03 Å². The number of benzene rings is 3. The van der Waals surface area contributed by atoms with Crippen LogP contribution in [0.5, 0.6) is 17.2 Å². The second-order valence-corrected chi connectivity index (χ2v) is 10.5. The van der Waals surface area contributed by atoms with Crippen LogP contribution in [0, 0.1) is 0 Å². The molecule has 11 heteroatoms. The lowest BCUT2D eigenvalue weighted by Gasteiger charge is -2.12. The van der Waals surface area contributed by atoms with E-state index < -0.39 is 6.03 Å². The first-order valence-corrected chi connectivity index (χ1v) is 13.7. The van der Waals surface area contributed by atoms with E-state index in [0.29, 0.717) is 28.9 Å². The molecule has 3 aromatic carbocycles. The lowest BCUT2D eigenvalue weighted by atomic mass is 9.98. The van der Waals surface area contributed by atoms with E-state index in [9.17, 15) is 4.79 Å². The first-order valence-electron chi connectivity index (χ1n) is 12.8. The summed E-state index contributed by atoms with van der Waals surface area (Å²) in [6.45, 7) is 4.23. The van der Waals surface area contributed by atoms with Crippen molar-refractivity contribution in [1.82, 2.24) is 20.2 Å². The van der Waals surface area contributed by atoms with Crippen molar-refractivity contribution in [2.45, 2.75) is 29.7 Å². The molecule has 5 aromatic rings. The highest BCUT2D eigenvalue weighted by Crippen LogP contribution is 2.37. The van der Waals surface area contributed by atoms with Crippen molar-refractivity contribution in [1.29, 1.82) is 0 Å².